The summed E-state index contributed by atoms with van der Waals surface area (Å²) < 4.78 is 6.24. The highest BCUT2D eigenvalue weighted by Gasteiger charge is 2.27. The number of aryl methyl sites for hydroxylation is 1. The van der Waals surface area contributed by atoms with Crippen molar-refractivity contribution in [2.24, 2.45) is 20.5 Å². The minimum absolute atomic E-state index is 0.0859. The summed E-state index contributed by atoms with van der Waals surface area (Å²) in [6.07, 6.45) is 1.45. The van der Waals surface area contributed by atoms with Crippen LogP contribution in [0.4, 0.5) is 28.4 Å². The van der Waals surface area contributed by atoms with E-state index in [-0.39, 0.29) is 46.7 Å². The number of aldehydes is 1. The lowest BCUT2D eigenvalue weighted by atomic mass is 9.82. The zero-order valence-corrected chi connectivity index (χ0v) is 37.9. The van der Waals surface area contributed by atoms with Crippen molar-refractivity contribution in [3.8, 4) is 28.4 Å². The lowest BCUT2D eigenvalue weighted by Gasteiger charge is -2.20. The quantitative estimate of drug-likeness (QED) is 0.0518. The first-order valence-electron chi connectivity index (χ1n) is 23.2. The Balaban J connectivity index is 0.888. The first-order valence-corrected chi connectivity index (χ1v) is 23.2. The van der Waals surface area contributed by atoms with E-state index in [1.165, 1.54) is 0 Å². The number of nitrogens with zero attached hydrogens (tertiary/aromatic N) is 4. The number of H-pyrrole nitrogens is 2. The number of phenols is 2. The molecule has 0 fully saturated rings. The van der Waals surface area contributed by atoms with Crippen LogP contribution in [0.2, 0.25) is 0 Å². The first kappa shape index (κ1) is 41.5. The summed E-state index contributed by atoms with van der Waals surface area (Å²) in [5, 5.41) is 53.8. The molecule has 71 heavy (non-hydrogen) atoms. The molecule has 0 bridgehead atoms. The maximum Gasteiger partial charge on any atom is 0.194 e. The van der Waals surface area contributed by atoms with E-state index in [0.29, 0.717) is 55.9 Å². The number of fused-ring (bicyclic) bond motifs is 12. The Bertz CT molecular complexity index is 4340. The molecule has 0 aliphatic heterocycles. The molecule has 0 saturated heterocycles. The van der Waals surface area contributed by atoms with Crippen LogP contribution in [0.3, 0.4) is 0 Å². The number of ketones is 1. The van der Waals surface area contributed by atoms with Crippen molar-refractivity contribution in [3.05, 3.63) is 180 Å². The van der Waals surface area contributed by atoms with Gasteiger partial charge >= 0.3 is 0 Å². The number of benzene rings is 10. The van der Waals surface area contributed by atoms with E-state index >= 15 is 0 Å². The highest BCUT2D eigenvalue weighted by Crippen LogP contribution is 2.49. The van der Waals surface area contributed by atoms with E-state index in [4.69, 9.17) is 15.0 Å². The van der Waals surface area contributed by atoms with Crippen molar-refractivity contribution in [2.45, 2.75) is 13.3 Å². The topological polar surface area (TPSA) is 177 Å². The predicted molar refractivity (Wildman–Crippen MR) is 281 cm³/mol. The summed E-state index contributed by atoms with van der Waals surface area (Å²) in [7, 11) is 0. The highest BCUT2D eigenvalue weighted by molar-refractivity contribution is 6.27. The number of aromatic hydroxyl groups is 2. The number of carbonyl (C=O) groups excluding carboxylic acids is 2. The molecule has 12 heteroatoms. The van der Waals surface area contributed by atoms with Gasteiger partial charge in [0.05, 0.1) is 28.0 Å². The Morgan fingerprint density at radius 1 is 0.563 bits per heavy atom. The minimum atomic E-state index is -0.290. The fraction of sp³-hybridized carbons (Fsp3) is 0.0508. The SMILES string of the molecule is CCc1ccccc1NCOc1cc2ccc3c4ccccc4[nH]c3c2c(N=Nc2ccc3c4c(cccc24)C(=O)c2cc(N=Nc4c(O)c(C=O)cc5ccc6c7ccccc7[nH]c6c45)ccc2-3)c1O. The molecule has 0 radical (unpaired) electrons. The van der Waals surface area contributed by atoms with Crippen LogP contribution in [-0.2, 0) is 6.42 Å². The van der Waals surface area contributed by atoms with E-state index in [1.807, 2.05) is 115 Å². The van der Waals surface area contributed by atoms with Crippen LogP contribution in [0.5, 0.6) is 17.2 Å². The molecule has 2 heterocycles. The van der Waals surface area contributed by atoms with Gasteiger partial charge in [0, 0.05) is 70.9 Å². The molecule has 13 rings (SSSR count). The number of anilines is 1. The molecule has 1 aliphatic carbocycles. The molecule has 0 spiro atoms. The van der Waals surface area contributed by atoms with Crippen molar-refractivity contribution in [1.29, 1.82) is 0 Å². The largest absolute Gasteiger partial charge is 0.505 e. The van der Waals surface area contributed by atoms with E-state index < -0.39 is 0 Å². The van der Waals surface area contributed by atoms with Crippen LogP contribution in [0.15, 0.2) is 178 Å². The Morgan fingerprint density at radius 2 is 1.21 bits per heavy atom. The zero-order valence-electron chi connectivity index (χ0n) is 37.9. The summed E-state index contributed by atoms with van der Waals surface area (Å²) in [6.45, 7) is 2.20. The van der Waals surface area contributed by atoms with Gasteiger partial charge in [0.15, 0.2) is 36.0 Å². The molecule has 0 atom stereocenters. The van der Waals surface area contributed by atoms with E-state index in [2.05, 4.69) is 50.6 Å². The number of ether oxygens (including phenoxy) is 1. The lowest BCUT2D eigenvalue weighted by molar-refractivity contribution is 0.103. The second-order valence-corrected chi connectivity index (χ2v) is 17.7. The number of carbonyl (C=O) groups is 2. The van der Waals surface area contributed by atoms with Gasteiger partial charge in [0.2, 0.25) is 0 Å². The zero-order chi connectivity index (χ0) is 47.9. The van der Waals surface area contributed by atoms with Crippen LogP contribution >= 0.6 is 0 Å². The average Bonchev–Trinajstić information content (AvgIpc) is 3.99. The van der Waals surface area contributed by atoms with Crippen molar-refractivity contribution >= 4 is 116 Å². The molecule has 10 aromatic carbocycles. The monoisotopic (exact) mass is 925 g/mol. The van der Waals surface area contributed by atoms with Crippen LogP contribution in [0.25, 0.3) is 87.1 Å². The van der Waals surface area contributed by atoms with Crippen LogP contribution in [0.1, 0.15) is 38.8 Å². The normalized spacial score (nSPS) is 12.5. The van der Waals surface area contributed by atoms with Crippen molar-refractivity contribution in [1.82, 2.24) is 9.97 Å². The van der Waals surface area contributed by atoms with Crippen LogP contribution in [0, 0.1) is 0 Å². The summed E-state index contributed by atoms with van der Waals surface area (Å²) in [4.78, 5) is 33.7. The Hall–Kier alpha value is -9.68. The second kappa shape index (κ2) is 16.2. The van der Waals surface area contributed by atoms with E-state index in [0.717, 1.165) is 77.6 Å². The van der Waals surface area contributed by atoms with Gasteiger partial charge in [-0.15, -0.1) is 15.3 Å². The van der Waals surface area contributed by atoms with Crippen molar-refractivity contribution < 1.29 is 24.5 Å². The third-order valence-electron chi connectivity index (χ3n) is 13.8. The summed E-state index contributed by atoms with van der Waals surface area (Å²) in [6, 6.07) is 50.1. The van der Waals surface area contributed by atoms with Gasteiger partial charge in [-0.3, -0.25) is 9.59 Å². The molecule has 2 aromatic heterocycles. The third-order valence-corrected chi connectivity index (χ3v) is 13.8. The molecule has 12 aromatic rings. The second-order valence-electron chi connectivity index (χ2n) is 17.7. The van der Waals surface area contributed by atoms with E-state index in [1.54, 1.807) is 24.3 Å². The summed E-state index contributed by atoms with van der Waals surface area (Å²) >= 11 is 0. The molecule has 5 N–H and O–H groups in total. The number of rotatable bonds is 10. The summed E-state index contributed by atoms with van der Waals surface area (Å²) in [5.74, 6) is -0.413. The first-order chi connectivity index (χ1) is 34.9. The fourth-order valence-electron chi connectivity index (χ4n) is 10.4. The Kier molecular flexibility index (Phi) is 9.49. The number of aromatic nitrogens is 2. The van der Waals surface area contributed by atoms with Gasteiger partial charge in [0.1, 0.15) is 11.4 Å². The number of nitrogens with one attached hydrogen (secondary N) is 3. The van der Waals surface area contributed by atoms with Crippen LogP contribution in [-0.4, -0.2) is 39.0 Å². The van der Waals surface area contributed by atoms with Crippen molar-refractivity contribution in [3.63, 3.8) is 0 Å². The number of hydrogen-bond acceptors (Lipinski definition) is 10. The minimum Gasteiger partial charge on any atom is -0.505 e. The number of azo groups is 2. The van der Waals surface area contributed by atoms with Gasteiger partial charge in [-0.2, -0.15) is 5.11 Å². The van der Waals surface area contributed by atoms with Crippen LogP contribution < -0.4 is 10.1 Å². The van der Waals surface area contributed by atoms with Gasteiger partial charge in [-0.05, 0) is 82.4 Å². The van der Waals surface area contributed by atoms with Gasteiger partial charge < -0.3 is 30.2 Å². The molecule has 0 unspecified atom stereocenters. The highest BCUT2D eigenvalue weighted by atomic mass is 16.5. The fourth-order valence-corrected chi connectivity index (χ4v) is 10.4. The molecule has 0 saturated carbocycles. The number of para-hydroxylation sites is 3. The number of phenolic OH excluding ortho intramolecular Hbond substituents is 2. The standard InChI is InChI=1S/C59H39N7O5/c1-2-31-10-3-6-15-45(31)60-30-71-49-27-33-19-22-41-38-12-5-8-17-47(38)62-54(41)51(33)56(59(49)70)66-64-48-25-24-39-36-23-20-35(28-44(36)58(69)43-14-9-13-42(48)52(39)43)63-65-55-50-32(26-34(29-67)57(55)68)18-21-40-37-11-4-7-16-46(37)61-53(40)50/h3-29,60-62,68,70H,2,30H2,1H3. The van der Waals surface area contributed by atoms with Gasteiger partial charge in [-0.1, -0.05) is 116 Å². The lowest BCUT2D eigenvalue weighted by Crippen LogP contribution is -2.10. The molecule has 340 valence electrons. The number of hydrogen-bond donors (Lipinski definition) is 5. The Morgan fingerprint density at radius 3 is 1.94 bits per heavy atom. The molecular formula is C59H39N7O5. The average molecular weight is 926 g/mol. The molecule has 1 aliphatic rings. The van der Waals surface area contributed by atoms with Gasteiger partial charge in [0.25, 0.3) is 0 Å². The molecule has 12 nitrogen and oxygen atoms in total. The summed E-state index contributed by atoms with van der Waals surface area (Å²) in [5.41, 5.74) is 9.34. The van der Waals surface area contributed by atoms with Gasteiger partial charge in [-0.25, -0.2) is 0 Å². The third kappa shape index (κ3) is 6.53. The van der Waals surface area contributed by atoms with E-state index in [9.17, 15) is 19.8 Å². The maximum atomic E-state index is 14.5. The maximum absolute atomic E-state index is 14.5. The molecule has 0 amide bonds. The number of aromatic amines is 2. The predicted octanol–water partition coefficient (Wildman–Crippen LogP) is 15.7. The smallest absolute Gasteiger partial charge is 0.194 e. The molecular weight excluding hydrogens is 887 g/mol. The van der Waals surface area contributed by atoms with Crippen molar-refractivity contribution in [2.75, 3.05) is 12.0 Å². The Labute approximate surface area is 403 Å².